The molecule has 4 nitrogen and oxygen atoms in total. The number of imidazole rings is 1. The Bertz CT molecular complexity index is 2560. The van der Waals surface area contributed by atoms with Crippen molar-refractivity contribution in [2.75, 3.05) is 0 Å². The van der Waals surface area contributed by atoms with Crippen molar-refractivity contribution < 1.29 is 8.42 Å². The van der Waals surface area contributed by atoms with Crippen molar-refractivity contribution >= 4 is 42.4 Å². The third-order valence-corrected chi connectivity index (χ3v) is 11.1. The minimum atomic E-state index is -3.78. The molecule has 5 heteroatoms. The smallest absolute Gasteiger partial charge is 0.210 e. The molecule has 0 aliphatic carbocycles. The van der Waals surface area contributed by atoms with E-state index in [-0.39, 0.29) is 0 Å². The van der Waals surface area contributed by atoms with Crippen LogP contribution < -0.4 is 0 Å². The predicted molar refractivity (Wildman–Crippen MR) is 187 cm³/mol. The van der Waals surface area contributed by atoms with Gasteiger partial charge in [-0.2, -0.15) is 0 Å². The number of benzene rings is 7. The third kappa shape index (κ3) is 3.72. The van der Waals surface area contributed by atoms with Crippen LogP contribution in [0.3, 0.4) is 0 Å². The number of rotatable bonds is 4. The SMILES string of the molecule is CCc1nc2cccc3c2n1-c1c(-c2c4ccccc4c(-c4ccc(-c5ccccc5)cc4)c4ccccc24)cccc1S3(=O)=O. The second kappa shape index (κ2) is 9.99. The number of para-hydroxylation sites is 2. The molecule has 46 heavy (non-hydrogen) atoms. The van der Waals surface area contributed by atoms with Crippen LogP contribution >= 0.6 is 0 Å². The minimum absolute atomic E-state index is 0.311. The molecular weight excluding hydrogens is 585 g/mol. The minimum Gasteiger partial charge on any atom is -0.293 e. The Kier molecular flexibility index (Phi) is 5.83. The Labute approximate surface area is 267 Å². The van der Waals surface area contributed by atoms with E-state index in [1.807, 2.05) is 18.2 Å². The molecule has 8 aromatic rings. The normalized spacial score (nSPS) is 13.3. The summed E-state index contributed by atoms with van der Waals surface area (Å²) in [4.78, 5) is 5.53. The number of nitrogens with zero attached hydrogens (tertiary/aromatic N) is 2. The van der Waals surface area contributed by atoms with Gasteiger partial charge in [0.15, 0.2) is 0 Å². The van der Waals surface area contributed by atoms with Crippen LogP contribution in [0, 0.1) is 0 Å². The van der Waals surface area contributed by atoms with Crippen molar-refractivity contribution in [2.24, 2.45) is 0 Å². The lowest BCUT2D eigenvalue weighted by Crippen LogP contribution is -2.17. The molecule has 0 atom stereocenters. The van der Waals surface area contributed by atoms with Crippen molar-refractivity contribution in [1.29, 1.82) is 0 Å². The Morgan fingerprint density at radius 1 is 0.543 bits per heavy atom. The zero-order chi connectivity index (χ0) is 31.0. The van der Waals surface area contributed by atoms with Gasteiger partial charge >= 0.3 is 0 Å². The maximum absolute atomic E-state index is 14.2. The van der Waals surface area contributed by atoms with Gasteiger partial charge in [-0.3, -0.25) is 4.57 Å². The fraction of sp³-hybridized carbons (Fsp3) is 0.0488. The van der Waals surface area contributed by atoms with Crippen LogP contribution in [-0.2, 0) is 16.3 Å². The summed E-state index contributed by atoms with van der Waals surface area (Å²) < 4.78 is 30.5. The molecule has 0 spiro atoms. The summed E-state index contributed by atoms with van der Waals surface area (Å²) in [6, 6.07) is 47.3. The first kappa shape index (κ1) is 26.8. The van der Waals surface area contributed by atoms with Crippen LogP contribution in [0.2, 0.25) is 0 Å². The molecule has 0 N–H and O–H groups in total. The van der Waals surface area contributed by atoms with E-state index in [1.165, 1.54) is 11.1 Å². The number of hydrogen-bond acceptors (Lipinski definition) is 3. The van der Waals surface area contributed by atoms with Gasteiger partial charge in [-0.15, -0.1) is 0 Å². The quantitative estimate of drug-likeness (QED) is 0.186. The van der Waals surface area contributed by atoms with Crippen LogP contribution in [-0.4, -0.2) is 18.0 Å². The lowest BCUT2D eigenvalue weighted by Gasteiger charge is -2.25. The molecule has 7 aromatic carbocycles. The lowest BCUT2D eigenvalue weighted by atomic mass is 9.85. The van der Waals surface area contributed by atoms with Crippen molar-refractivity contribution in [3.63, 3.8) is 0 Å². The van der Waals surface area contributed by atoms with Crippen molar-refractivity contribution in [2.45, 2.75) is 23.1 Å². The summed E-state index contributed by atoms with van der Waals surface area (Å²) >= 11 is 0. The molecule has 220 valence electrons. The average Bonchev–Trinajstić information content (AvgIpc) is 3.49. The second-order valence-electron chi connectivity index (χ2n) is 11.8. The molecule has 0 unspecified atom stereocenters. The van der Waals surface area contributed by atoms with Gasteiger partial charge in [-0.25, -0.2) is 13.4 Å². The fourth-order valence-electron chi connectivity index (χ4n) is 7.32. The van der Waals surface area contributed by atoms with E-state index in [0.717, 1.165) is 49.6 Å². The number of fused-ring (bicyclic) bond motifs is 4. The van der Waals surface area contributed by atoms with E-state index in [9.17, 15) is 8.42 Å². The maximum atomic E-state index is 14.2. The topological polar surface area (TPSA) is 52.0 Å². The zero-order valence-electron chi connectivity index (χ0n) is 25.1. The Morgan fingerprint density at radius 2 is 1.09 bits per heavy atom. The molecule has 0 amide bonds. The molecule has 1 aliphatic heterocycles. The molecule has 0 bridgehead atoms. The number of aryl methyl sites for hydroxylation is 1. The highest BCUT2D eigenvalue weighted by Crippen LogP contribution is 2.49. The van der Waals surface area contributed by atoms with Gasteiger partial charge in [0.1, 0.15) is 5.82 Å². The van der Waals surface area contributed by atoms with Crippen LogP contribution in [0.1, 0.15) is 12.7 Å². The molecule has 1 aromatic heterocycles. The highest BCUT2D eigenvalue weighted by Gasteiger charge is 2.35. The van der Waals surface area contributed by atoms with E-state index in [1.54, 1.807) is 18.2 Å². The van der Waals surface area contributed by atoms with Crippen molar-refractivity contribution in [3.8, 4) is 39.1 Å². The van der Waals surface area contributed by atoms with Gasteiger partial charge in [0.05, 0.1) is 26.5 Å². The van der Waals surface area contributed by atoms with Gasteiger partial charge in [0.25, 0.3) is 0 Å². The van der Waals surface area contributed by atoms with E-state index < -0.39 is 9.84 Å². The average molecular weight is 613 g/mol. The molecule has 0 saturated carbocycles. The summed E-state index contributed by atoms with van der Waals surface area (Å²) in [5.41, 5.74) is 8.58. The Morgan fingerprint density at radius 3 is 1.74 bits per heavy atom. The van der Waals surface area contributed by atoms with Gasteiger partial charge in [-0.05, 0) is 67.6 Å². The number of aromatic nitrogens is 2. The number of hydrogen-bond donors (Lipinski definition) is 0. The summed E-state index contributed by atoms with van der Waals surface area (Å²) in [5, 5.41) is 4.38. The van der Waals surface area contributed by atoms with Gasteiger partial charge in [-0.1, -0.05) is 128 Å². The Hall–Kier alpha value is -5.52. The van der Waals surface area contributed by atoms with Crippen LogP contribution in [0.15, 0.2) is 149 Å². The number of sulfone groups is 1. The standard InChI is InChI=1S/C41H28N2O2S/c1-2-37-42-34-19-11-21-36-41(34)43(37)40-33(18-10-20-35(40)46(36,44)45)39-31-16-8-6-14-29(31)38(30-15-7-9-17-32(30)39)28-24-22-27(23-25-28)26-12-4-3-5-13-26/h3-25H,2H2,1H3. The van der Waals surface area contributed by atoms with E-state index in [2.05, 4.69) is 115 Å². The third-order valence-electron chi connectivity index (χ3n) is 9.31. The molecule has 0 radical (unpaired) electrons. The molecule has 2 heterocycles. The van der Waals surface area contributed by atoms with Crippen LogP contribution in [0.4, 0.5) is 0 Å². The van der Waals surface area contributed by atoms with Gasteiger partial charge in [0, 0.05) is 12.0 Å². The second-order valence-corrected chi connectivity index (χ2v) is 13.7. The van der Waals surface area contributed by atoms with E-state index in [4.69, 9.17) is 4.98 Å². The molecule has 9 rings (SSSR count). The fourth-order valence-corrected chi connectivity index (χ4v) is 8.98. The first-order valence-electron chi connectivity index (χ1n) is 15.5. The summed E-state index contributed by atoms with van der Waals surface area (Å²) in [7, 11) is -3.78. The molecule has 0 fully saturated rings. The van der Waals surface area contributed by atoms with Gasteiger partial charge in [0.2, 0.25) is 9.84 Å². The van der Waals surface area contributed by atoms with Crippen molar-refractivity contribution in [1.82, 2.24) is 9.55 Å². The van der Waals surface area contributed by atoms with Gasteiger partial charge < -0.3 is 0 Å². The zero-order valence-corrected chi connectivity index (χ0v) is 25.9. The largest absolute Gasteiger partial charge is 0.293 e. The Balaban J connectivity index is 1.38. The monoisotopic (exact) mass is 612 g/mol. The molecule has 0 saturated heterocycles. The predicted octanol–water partition coefficient (Wildman–Crippen LogP) is 10.0. The van der Waals surface area contributed by atoms with E-state index >= 15 is 0 Å². The van der Waals surface area contributed by atoms with E-state index in [0.29, 0.717) is 32.9 Å². The highest BCUT2D eigenvalue weighted by molar-refractivity contribution is 7.92. The lowest BCUT2D eigenvalue weighted by molar-refractivity contribution is 0.594. The summed E-state index contributed by atoms with van der Waals surface area (Å²) in [6.07, 6.45) is 0.668. The van der Waals surface area contributed by atoms with Crippen molar-refractivity contribution in [3.05, 3.63) is 145 Å². The highest BCUT2D eigenvalue weighted by atomic mass is 32.2. The first-order valence-corrected chi connectivity index (χ1v) is 17.0. The van der Waals surface area contributed by atoms with Crippen LogP contribution in [0.25, 0.3) is 71.6 Å². The molecular formula is C41H28N2O2S. The summed E-state index contributed by atoms with van der Waals surface area (Å²) in [6.45, 7) is 2.07. The van der Waals surface area contributed by atoms with Crippen LogP contribution in [0.5, 0.6) is 0 Å². The summed E-state index contributed by atoms with van der Waals surface area (Å²) in [5.74, 6) is 0.842. The first-order chi connectivity index (χ1) is 22.6. The maximum Gasteiger partial charge on any atom is 0.210 e. The molecule has 1 aliphatic rings.